The summed E-state index contributed by atoms with van der Waals surface area (Å²) in [4.78, 5) is 35.3. The van der Waals surface area contributed by atoms with E-state index in [-0.39, 0.29) is 11.3 Å². The van der Waals surface area contributed by atoms with Gasteiger partial charge in [0, 0.05) is 6.08 Å². The topological polar surface area (TPSA) is 90.9 Å². The molecule has 2 aromatic rings. The fourth-order valence-corrected chi connectivity index (χ4v) is 2.09. The molecule has 7 nitrogen and oxygen atoms in total. The minimum atomic E-state index is -0.740. The van der Waals surface area contributed by atoms with Crippen molar-refractivity contribution in [2.24, 2.45) is 0 Å². The van der Waals surface area contributed by atoms with E-state index in [1.54, 1.807) is 55.7 Å². The average molecular weight is 369 g/mol. The maximum atomic E-state index is 12.1. The van der Waals surface area contributed by atoms with Crippen LogP contribution in [0.25, 0.3) is 6.08 Å². The van der Waals surface area contributed by atoms with Crippen molar-refractivity contribution in [3.05, 3.63) is 65.7 Å². The number of rotatable bonds is 7. The number of esters is 2. The Kier molecular flexibility index (Phi) is 7.13. The quantitative estimate of drug-likeness (QED) is 0.596. The van der Waals surface area contributed by atoms with Crippen molar-refractivity contribution in [2.45, 2.75) is 0 Å². The number of carbonyl (C=O) groups excluding carboxylic acids is 3. The number of ether oxygens (including phenoxy) is 3. The van der Waals surface area contributed by atoms with Crippen molar-refractivity contribution in [1.29, 1.82) is 0 Å². The summed E-state index contributed by atoms with van der Waals surface area (Å²) in [5.74, 6) is -1.11. The Labute approximate surface area is 156 Å². The summed E-state index contributed by atoms with van der Waals surface area (Å²) < 4.78 is 14.4. The molecule has 27 heavy (non-hydrogen) atoms. The number of benzene rings is 2. The summed E-state index contributed by atoms with van der Waals surface area (Å²) in [6.07, 6.45) is 2.98. The van der Waals surface area contributed by atoms with Crippen molar-refractivity contribution in [2.75, 3.05) is 26.1 Å². The van der Waals surface area contributed by atoms with Gasteiger partial charge in [-0.3, -0.25) is 4.79 Å². The van der Waals surface area contributed by atoms with Crippen LogP contribution in [0.5, 0.6) is 5.75 Å². The molecule has 0 saturated heterocycles. The Balaban J connectivity index is 2.03. The molecule has 1 N–H and O–H groups in total. The van der Waals surface area contributed by atoms with Gasteiger partial charge in [-0.15, -0.1) is 0 Å². The van der Waals surface area contributed by atoms with Gasteiger partial charge in [-0.2, -0.15) is 0 Å². The standard InChI is InChI=1S/C20H19NO6/c1-25-15-10-7-14(8-11-15)9-12-18(22)21-17-6-4-3-5-16(17)20(24)27-13-19(23)26-2/h3-12H,13H2,1-2H3,(H,21,22). The van der Waals surface area contributed by atoms with Gasteiger partial charge in [0.15, 0.2) is 6.61 Å². The molecular formula is C20H19NO6. The third kappa shape index (κ3) is 6.00. The van der Waals surface area contributed by atoms with Crippen molar-refractivity contribution in [3.63, 3.8) is 0 Å². The zero-order valence-corrected chi connectivity index (χ0v) is 14.9. The lowest BCUT2D eigenvalue weighted by atomic mass is 10.1. The van der Waals surface area contributed by atoms with Gasteiger partial charge >= 0.3 is 11.9 Å². The predicted molar refractivity (Wildman–Crippen MR) is 99.4 cm³/mol. The maximum Gasteiger partial charge on any atom is 0.344 e. The van der Waals surface area contributed by atoms with E-state index < -0.39 is 24.5 Å². The van der Waals surface area contributed by atoms with Gasteiger partial charge in [0.25, 0.3) is 0 Å². The summed E-state index contributed by atoms with van der Waals surface area (Å²) in [6, 6.07) is 13.5. The molecule has 0 spiro atoms. The average Bonchev–Trinajstić information content (AvgIpc) is 2.71. The smallest absolute Gasteiger partial charge is 0.344 e. The molecule has 0 heterocycles. The van der Waals surface area contributed by atoms with Gasteiger partial charge in [-0.1, -0.05) is 24.3 Å². The Morgan fingerprint density at radius 2 is 1.70 bits per heavy atom. The molecule has 0 fully saturated rings. The molecule has 0 bridgehead atoms. The van der Waals surface area contributed by atoms with E-state index in [4.69, 9.17) is 9.47 Å². The molecule has 0 aromatic heterocycles. The van der Waals surface area contributed by atoms with Gasteiger partial charge in [0.1, 0.15) is 5.75 Å². The first-order valence-corrected chi connectivity index (χ1v) is 7.99. The highest BCUT2D eigenvalue weighted by atomic mass is 16.6. The number of hydrogen-bond acceptors (Lipinski definition) is 6. The Bertz CT molecular complexity index is 842. The molecule has 2 aromatic carbocycles. The van der Waals surface area contributed by atoms with Crippen LogP contribution in [0.1, 0.15) is 15.9 Å². The number of para-hydroxylation sites is 1. The highest BCUT2D eigenvalue weighted by Crippen LogP contribution is 2.17. The molecule has 1 amide bonds. The summed E-state index contributed by atoms with van der Waals surface area (Å²) in [7, 11) is 2.77. The molecule has 0 atom stereocenters. The molecule has 0 aliphatic carbocycles. The van der Waals surface area contributed by atoms with Gasteiger partial charge in [-0.25, -0.2) is 9.59 Å². The van der Waals surface area contributed by atoms with Crippen LogP contribution in [0.2, 0.25) is 0 Å². The van der Waals surface area contributed by atoms with Crippen LogP contribution >= 0.6 is 0 Å². The van der Waals surface area contributed by atoms with Gasteiger partial charge in [0.2, 0.25) is 5.91 Å². The number of carbonyl (C=O) groups is 3. The van der Waals surface area contributed by atoms with Crippen LogP contribution in [0, 0.1) is 0 Å². The molecule has 0 unspecified atom stereocenters. The third-order valence-electron chi connectivity index (χ3n) is 3.50. The second-order valence-electron chi connectivity index (χ2n) is 5.29. The van der Waals surface area contributed by atoms with Crippen LogP contribution in [0.3, 0.4) is 0 Å². The number of nitrogens with one attached hydrogen (secondary N) is 1. The normalized spacial score (nSPS) is 10.3. The van der Waals surface area contributed by atoms with Gasteiger partial charge in [-0.05, 0) is 35.9 Å². The predicted octanol–water partition coefficient (Wildman–Crippen LogP) is 2.68. The Morgan fingerprint density at radius 3 is 2.37 bits per heavy atom. The van der Waals surface area contributed by atoms with E-state index in [2.05, 4.69) is 10.1 Å². The lowest BCUT2D eigenvalue weighted by molar-refractivity contribution is -0.144. The zero-order chi connectivity index (χ0) is 19.6. The van der Waals surface area contributed by atoms with E-state index in [9.17, 15) is 14.4 Å². The van der Waals surface area contributed by atoms with Gasteiger partial charge in [0.05, 0.1) is 25.5 Å². The van der Waals surface area contributed by atoms with Crippen LogP contribution in [0.4, 0.5) is 5.69 Å². The zero-order valence-electron chi connectivity index (χ0n) is 14.9. The molecule has 0 aliphatic rings. The van der Waals surface area contributed by atoms with E-state index >= 15 is 0 Å². The molecule has 140 valence electrons. The lowest BCUT2D eigenvalue weighted by Crippen LogP contribution is -2.17. The molecule has 0 radical (unpaired) electrons. The molecule has 0 aliphatic heterocycles. The summed E-state index contributed by atoms with van der Waals surface area (Å²) in [5.41, 5.74) is 1.22. The highest BCUT2D eigenvalue weighted by molar-refractivity contribution is 6.06. The minimum absolute atomic E-state index is 0.132. The van der Waals surface area contributed by atoms with Gasteiger partial charge < -0.3 is 19.5 Å². The molecule has 0 saturated carbocycles. The first-order valence-electron chi connectivity index (χ1n) is 7.99. The van der Waals surface area contributed by atoms with E-state index in [1.165, 1.54) is 19.3 Å². The van der Waals surface area contributed by atoms with E-state index in [0.29, 0.717) is 0 Å². The van der Waals surface area contributed by atoms with Crippen molar-refractivity contribution in [1.82, 2.24) is 0 Å². The third-order valence-corrected chi connectivity index (χ3v) is 3.50. The highest BCUT2D eigenvalue weighted by Gasteiger charge is 2.15. The fraction of sp³-hybridized carbons (Fsp3) is 0.150. The largest absolute Gasteiger partial charge is 0.497 e. The van der Waals surface area contributed by atoms with Crippen LogP contribution in [-0.2, 0) is 19.1 Å². The van der Waals surface area contributed by atoms with Crippen LogP contribution in [-0.4, -0.2) is 38.7 Å². The molecular weight excluding hydrogens is 350 g/mol. The first-order chi connectivity index (χ1) is 13.0. The van der Waals surface area contributed by atoms with Crippen molar-refractivity contribution >= 4 is 29.6 Å². The molecule has 7 heteroatoms. The Morgan fingerprint density at radius 1 is 1.00 bits per heavy atom. The SMILES string of the molecule is COC(=O)COC(=O)c1ccccc1NC(=O)C=Cc1ccc(OC)cc1. The summed E-state index contributed by atoms with van der Waals surface area (Å²) in [6.45, 7) is -0.505. The van der Waals surface area contributed by atoms with E-state index in [1.807, 2.05) is 0 Å². The van der Waals surface area contributed by atoms with Crippen molar-refractivity contribution in [3.8, 4) is 5.75 Å². The number of methoxy groups -OCH3 is 2. The maximum absolute atomic E-state index is 12.1. The number of hydrogen-bond donors (Lipinski definition) is 1. The summed E-state index contributed by atoms with van der Waals surface area (Å²) in [5, 5.41) is 2.62. The monoisotopic (exact) mass is 369 g/mol. The molecule has 2 rings (SSSR count). The second kappa shape index (κ2) is 9.76. The Hall–Kier alpha value is -3.61. The van der Waals surface area contributed by atoms with Crippen LogP contribution in [0.15, 0.2) is 54.6 Å². The van der Waals surface area contributed by atoms with Crippen molar-refractivity contribution < 1.29 is 28.6 Å². The lowest BCUT2D eigenvalue weighted by Gasteiger charge is -2.09. The number of anilines is 1. The van der Waals surface area contributed by atoms with E-state index in [0.717, 1.165) is 11.3 Å². The summed E-state index contributed by atoms with van der Waals surface area (Å²) >= 11 is 0. The second-order valence-corrected chi connectivity index (χ2v) is 5.29. The fourth-order valence-electron chi connectivity index (χ4n) is 2.09. The first kappa shape index (κ1) is 19.7. The number of amides is 1. The van der Waals surface area contributed by atoms with Crippen LogP contribution < -0.4 is 10.1 Å². The minimum Gasteiger partial charge on any atom is -0.497 e.